The van der Waals surface area contributed by atoms with E-state index in [4.69, 9.17) is 15.2 Å². The van der Waals surface area contributed by atoms with Gasteiger partial charge in [0.2, 0.25) is 0 Å². The van der Waals surface area contributed by atoms with Crippen LogP contribution in [0.15, 0.2) is 18.3 Å². The van der Waals surface area contributed by atoms with Crippen molar-refractivity contribution in [3.8, 4) is 5.75 Å². The highest BCUT2D eigenvalue weighted by atomic mass is 16.5. The van der Waals surface area contributed by atoms with Gasteiger partial charge >= 0.3 is 0 Å². The molecule has 1 fully saturated rings. The molecule has 4 heteroatoms. The summed E-state index contributed by atoms with van der Waals surface area (Å²) in [7, 11) is 0. The van der Waals surface area contributed by atoms with E-state index < -0.39 is 0 Å². The molecule has 1 aromatic heterocycles. The zero-order valence-electron chi connectivity index (χ0n) is 11.0. The fraction of sp³-hybridized carbons (Fsp3) is 0.643. The molecule has 1 aliphatic heterocycles. The maximum atomic E-state index is 5.92. The number of pyridine rings is 1. The Kier molecular flexibility index (Phi) is 4.96. The Morgan fingerprint density at radius 3 is 2.83 bits per heavy atom. The Bertz CT molecular complexity index is 347. The van der Waals surface area contributed by atoms with Crippen LogP contribution >= 0.6 is 0 Å². The van der Waals surface area contributed by atoms with Gasteiger partial charge in [0.25, 0.3) is 0 Å². The van der Waals surface area contributed by atoms with Crippen LogP contribution in [-0.4, -0.2) is 24.8 Å². The molecule has 1 saturated heterocycles. The zero-order valence-corrected chi connectivity index (χ0v) is 11.0. The lowest BCUT2D eigenvalue weighted by Crippen LogP contribution is -2.21. The lowest BCUT2D eigenvalue weighted by atomic mass is 10.0. The van der Waals surface area contributed by atoms with E-state index in [0.717, 1.165) is 50.5 Å². The summed E-state index contributed by atoms with van der Waals surface area (Å²) in [6.07, 6.45) is 4.85. The first-order valence-electron chi connectivity index (χ1n) is 6.71. The van der Waals surface area contributed by atoms with Crippen molar-refractivity contribution in [1.29, 1.82) is 0 Å². The Morgan fingerprint density at radius 1 is 1.44 bits per heavy atom. The first kappa shape index (κ1) is 13.3. The molecule has 1 aromatic rings. The number of nitrogens with two attached hydrogens (primary N) is 1. The highest BCUT2D eigenvalue weighted by Gasteiger charge is 2.14. The molecule has 100 valence electrons. The van der Waals surface area contributed by atoms with Crippen molar-refractivity contribution in [1.82, 2.24) is 4.98 Å². The Labute approximate surface area is 108 Å². The van der Waals surface area contributed by atoms with Crippen molar-refractivity contribution >= 4 is 0 Å². The van der Waals surface area contributed by atoms with E-state index in [2.05, 4.69) is 11.9 Å². The van der Waals surface area contributed by atoms with E-state index in [-0.39, 0.29) is 6.04 Å². The zero-order chi connectivity index (χ0) is 12.8. The van der Waals surface area contributed by atoms with Crippen LogP contribution in [0.25, 0.3) is 0 Å². The van der Waals surface area contributed by atoms with Crippen molar-refractivity contribution in [3.63, 3.8) is 0 Å². The summed E-state index contributed by atoms with van der Waals surface area (Å²) in [6.45, 7) is 4.53. The number of hydrogen-bond acceptors (Lipinski definition) is 4. The summed E-state index contributed by atoms with van der Waals surface area (Å²) in [6, 6.07) is 3.93. The van der Waals surface area contributed by atoms with Crippen molar-refractivity contribution in [2.45, 2.75) is 32.2 Å². The van der Waals surface area contributed by atoms with Crippen LogP contribution in [0.4, 0.5) is 0 Å². The number of aromatic nitrogens is 1. The van der Waals surface area contributed by atoms with Gasteiger partial charge in [0, 0.05) is 19.3 Å². The van der Waals surface area contributed by atoms with Crippen LogP contribution in [0.1, 0.15) is 37.9 Å². The lowest BCUT2D eigenvalue weighted by molar-refractivity contribution is 0.0497. The smallest absolute Gasteiger partial charge is 0.137 e. The monoisotopic (exact) mass is 250 g/mol. The summed E-state index contributed by atoms with van der Waals surface area (Å²) < 4.78 is 11.1. The maximum Gasteiger partial charge on any atom is 0.137 e. The van der Waals surface area contributed by atoms with Gasteiger partial charge < -0.3 is 15.2 Å². The molecule has 18 heavy (non-hydrogen) atoms. The molecule has 0 saturated carbocycles. The quantitative estimate of drug-likeness (QED) is 0.871. The van der Waals surface area contributed by atoms with Gasteiger partial charge in [0.15, 0.2) is 0 Å². The molecule has 0 unspecified atom stereocenters. The van der Waals surface area contributed by atoms with Crippen molar-refractivity contribution in [2.75, 3.05) is 19.8 Å². The predicted molar refractivity (Wildman–Crippen MR) is 70.5 cm³/mol. The Morgan fingerprint density at radius 2 is 2.22 bits per heavy atom. The molecule has 0 radical (unpaired) electrons. The van der Waals surface area contributed by atoms with Gasteiger partial charge in [0.05, 0.1) is 18.5 Å². The third-order valence-corrected chi connectivity index (χ3v) is 3.41. The van der Waals surface area contributed by atoms with E-state index in [1.54, 1.807) is 6.20 Å². The highest BCUT2D eigenvalue weighted by Crippen LogP contribution is 2.19. The number of rotatable bonds is 5. The normalized spacial score (nSPS) is 18.6. The van der Waals surface area contributed by atoms with Gasteiger partial charge in [-0.3, -0.25) is 4.98 Å². The number of hydrogen-bond donors (Lipinski definition) is 1. The standard InChI is InChI=1S/C14H22N2O2/c1-2-13(15)14-4-3-12(9-16-14)18-10-11-5-7-17-8-6-11/h3-4,9,11,13H,2,5-8,10,15H2,1H3/t13-/m0/s1. The molecular formula is C14H22N2O2. The van der Waals surface area contributed by atoms with Crippen molar-refractivity contribution < 1.29 is 9.47 Å². The molecule has 0 amide bonds. The summed E-state index contributed by atoms with van der Waals surface area (Å²) in [4.78, 5) is 4.34. The van der Waals surface area contributed by atoms with Crippen LogP contribution in [-0.2, 0) is 4.74 Å². The second kappa shape index (κ2) is 6.71. The van der Waals surface area contributed by atoms with Gasteiger partial charge in [-0.2, -0.15) is 0 Å². The molecule has 0 aromatic carbocycles. The number of ether oxygens (including phenoxy) is 2. The minimum absolute atomic E-state index is 0.0227. The second-order valence-corrected chi connectivity index (χ2v) is 4.80. The minimum atomic E-state index is 0.0227. The van der Waals surface area contributed by atoms with Gasteiger partial charge in [-0.15, -0.1) is 0 Å². The third kappa shape index (κ3) is 3.68. The Hall–Kier alpha value is -1.13. The topological polar surface area (TPSA) is 57.4 Å². The molecule has 2 N–H and O–H groups in total. The Balaban J connectivity index is 1.82. The fourth-order valence-corrected chi connectivity index (χ4v) is 2.03. The number of nitrogens with zero attached hydrogens (tertiary/aromatic N) is 1. The first-order valence-corrected chi connectivity index (χ1v) is 6.71. The van der Waals surface area contributed by atoms with Crippen molar-refractivity contribution in [3.05, 3.63) is 24.0 Å². The minimum Gasteiger partial charge on any atom is -0.492 e. The lowest BCUT2D eigenvalue weighted by Gasteiger charge is -2.22. The van der Waals surface area contributed by atoms with E-state index in [0.29, 0.717) is 5.92 Å². The van der Waals surface area contributed by atoms with Crippen LogP contribution in [0, 0.1) is 5.92 Å². The molecule has 2 heterocycles. The summed E-state index contributed by atoms with van der Waals surface area (Å²) in [5.74, 6) is 1.44. The fourth-order valence-electron chi connectivity index (χ4n) is 2.03. The predicted octanol–water partition coefficient (Wildman–Crippen LogP) is 2.30. The molecule has 1 atom stereocenters. The average Bonchev–Trinajstić information content (AvgIpc) is 2.46. The summed E-state index contributed by atoms with van der Waals surface area (Å²) >= 11 is 0. The molecule has 0 bridgehead atoms. The first-order chi connectivity index (χ1) is 8.79. The van der Waals surface area contributed by atoms with Crippen LogP contribution in [0.5, 0.6) is 5.75 Å². The van der Waals surface area contributed by atoms with E-state index in [9.17, 15) is 0 Å². The van der Waals surface area contributed by atoms with E-state index in [1.165, 1.54) is 0 Å². The molecule has 1 aliphatic rings. The molecule has 2 rings (SSSR count). The van der Waals surface area contributed by atoms with Crippen LogP contribution < -0.4 is 10.5 Å². The third-order valence-electron chi connectivity index (χ3n) is 3.41. The second-order valence-electron chi connectivity index (χ2n) is 4.80. The summed E-state index contributed by atoms with van der Waals surface area (Å²) in [5, 5.41) is 0. The van der Waals surface area contributed by atoms with E-state index >= 15 is 0 Å². The molecule has 0 spiro atoms. The van der Waals surface area contributed by atoms with Crippen molar-refractivity contribution in [2.24, 2.45) is 11.7 Å². The average molecular weight is 250 g/mol. The SMILES string of the molecule is CC[C@H](N)c1ccc(OCC2CCOCC2)cn1. The van der Waals surface area contributed by atoms with Gasteiger partial charge in [0.1, 0.15) is 5.75 Å². The maximum absolute atomic E-state index is 5.92. The largest absolute Gasteiger partial charge is 0.492 e. The van der Waals surface area contributed by atoms with Gasteiger partial charge in [-0.25, -0.2) is 0 Å². The molecule has 0 aliphatic carbocycles. The van der Waals surface area contributed by atoms with Gasteiger partial charge in [-0.1, -0.05) is 6.92 Å². The molecule has 4 nitrogen and oxygen atoms in total. The summed E-state index contributed by atoms with van der Waals surface area (Å²) in [5.41, 5.74) is 6.84. The van der Waals surface area contributed by atoms with Crippen LogP contribution in [0.2, 0.25) is 0 Å². The van der Waals surface area contributed by atoms with Gasteiger partial charge in [-0.05, 0) is 37.3 Å². The highest BCUT2D eigenvalue weighted by molar-refractivity contribution is 5.21. The van der Waals surface area contributed by atoms with E-state index in [1.807, 2.05) is 12.1 Å². The van der Waals surface area contributed by atoms with Crippen LogP contribution in [0.3, 0.4) is 0 Å². The molecular weight excluding hydrogens is 228 g/mol.